The molecule has 7 heteroatoms. The van der Waals surface area contributed by atoms with E-state index in [0.29, 0.717) is 24.7 Å². The molecule has 3 aliphatic rings. The maximum absolute atomic E-state index is 14.2. The second kappa shape index (κ2) is 11.8. The van der Waals surface area contributed by atoms with Gasteiger partial charge in [-0.3, -0.25) is 4.79 Å². The molecule has 0 aromatic heterocycles. The predicted octanol–water partition coefficient (Wildman–Crippen LogP) is 8.08. The molecule has 3 fully saturated rings. The Hall–Kier alpha value is -2.05. The van der Waals surface area contributed by atoms with Gasteiger partial charge in [-0.2, -0.15) is 17.6 Å². The summed E-state index contributed by atoms with van der Waals surface area (Å²) in [5.74, 6) is -1.67. The van der Waals surface area contributed by atoms with Gasteiger partial charge in [0.25, 0.3) is 0 Å². The lowest BCUT2D eigenvalue weighted by Crippen LogP contribution is -2.35. The Morgan fingerprint density at radius 1 is 0.886 bits per heavy atom. The Balaban J connectivity index is 1.25. The fraction of sp³-hybridized carbons (Fsp3) is 0.679. The average molecular weight is 497 g/mol. The van der Waals surface area contributed by atoms with Gasteiger partial charge in [0.15, 0.2) is 11.5 Å². The smallest absolute Gasteiger partial charge is 0.387 e. The summed E-state index contributed by atoms with van der Waals surface area (Å²) in [6.07, 6.45) is 15.6. The molecule has 4 atom stereocenters. The molecular weight excluding hydrogens is 460 g/mol. The molecule has 1 aromatic carbocycles. The van der Waals surface area contributed by atoms with Gasteiger partial charge in [0, 0.05) is 0 Å². The van der Waals surface area contributed by atoms with Crippen LogP contribution in [0.3, 0.4) is 0 Å². The molecule has 0 aliphatic heterocycles. The quantitative estimate of drug-likeness (QED) is 0.158. The van der Waals surface area contributed by atoms with Crippen molar-refractivity contribution in [2.45, 2.75) is 83.7 Å². The van der Waals surface area contributed by atoms with Crippen LogP contribution in [-0.4, -0.2) is 12.6 Å². The molecule has 35 heavy (non-hydrogen) atoms. The van der Waals surface area contributed by atoms with Crippen molar-refractivity contribution in [1.82, 2.24) is 0 Å². The van der Waals surface area contributed by atoms with Crippen LogP contribution in [0.1, 0.15) is 77.0 Å². The number of hydrogen-bond acceptors (Lipinski definition) is 3. The molecule has 3 aliphatic carbocycles. The van der Waals surface area contributed by atoms with Crippen molar-refractivity contribution in [3.8, 4) is 11.5 Å². The number of benzene rings is 1. The van der Waals surface area contributed by atoms with Crippen LogP contribution in [0.5, 0.6) is 11.5 Å². The highest BCUT2D eigenvalue weighted by molar-refractivity contribution is 5.75. The minimum atomic E-state index is -3.28. The zero-order valence-electron chi connectivity index (χ0n) is 20.2. The number of allylic oxidation sites excluding steroid dienone is 1. The van der Waals surface area contributed by atoms with Crippen LogP contribution in [-0.2, 0) is 4.79 Å². The van der Waals surface area contributed by atoms with E-state index in [-0.39, 0.29) is 5.92 Å². The first-order chi connectivity index (χ1) is 16.9. The number of fused-ring (bicyclic) bond motifs is 1. The van der Waals surface area contributed by atoms with Gasteiger partial charge >= 0.3 is 12.6 Å². The van der Waals surface area contributed by atoms with E-state index in [1.165, 1.54) is 44.9 Å². The van der Waals surface area contributed by atoms with Gasteiger partial charge < -0.3 is 9.47 Å². The maximum atomic E-state index is 14.2. The zero-order chi connectivity index (χ0) is 24.9. The number of esters is 1. The number of rotatable bonds is 8. The summed E-state index contributed by atoms with van der Waals surface area (Å²) >= 11 is 0. The summed E-state index contributed by atoms with van der Waals surface area (Å²) in [5.41, 5.74) is 0. The van der Waals surface area contributed by atoms with Crippen LogP contribution >= 0.6 is 0 Å². The lowest BCUT2D eigenvalue weighted by atomic mass is 9.60. The van der Waals surface area contributed by atoms with E-state index in [1.807, 2.05) is 6.08 Å². The summed E-state index contributed by atoms with van der Waals surface area (Å²) in [5, 5.41) is 0. The number of carbonyl (C=O) groups excluding carboxylic acids is 1. The Bertz CT molecular complexity index is 881. The second-order valence-electron chi connectivity index (χ2n) is 10.7. The highest BCUT2D eigenvalue weighted by atomic mass is 19.3. The third-order valence-corrected chi connectivity index (χ3v) is 8.75. The van der Waals surface area contributed by atoms with Crippen LogP contribution in [0.25, 0.3) is 0 Å². The van der Waals surface area contributed by atoms with E-state index in [1.54, 1.807) is 0 Å². The first kappa shape index (κ1) is 26.0. The fourth-order valence-electron chi connectivity index (χ4n) is 6.86. The van der Waals surface area contributed by atoms with E-state index in [9.17, 15) is 22.4 Å². The van der Waals surface area contributed by atoms with Crippen LogP contribution in [0.4, 0.5) is 17.6 Å². The maximum Gasteiger partial charge on any atom is 0.387 e. The van der Waals surface area contributed by atoms with E-state index in [4.69, 9.17) is 4.74 Å². The molecule has 0 radical (unpaired) electrons. The Labute approximate surface area is 205 Å². The van der Waals surface area contributed by atoms with Crippen LogP contribution < -0.4 is 9.47 Å². The van der Waals surface area contributed by atoms with Crippen molar-refractivity contribution in [1.29, 1.82) is 0 Å². The highest BCUT2D eigenvalue weighted by Crippen LogP contribution is 2.49. The molecule has 3 nitrogen and oxygen atoms in total. The van der Waals surface area contributed by atoms with Crippen molar-refractivity contribution >= 4 is 5.97 Å². The summed E-state index contributed by atoms with van der Waals surface area (Å²) < 4.78 is 61.7. The van der Waals surface area contributed by atoms with Crippen molar-refractivity contribution in [3.63, 3.8) is 0 Å². The van der Waals surface area contributed by atoms with Gasteiger partial charge in [0.1, 0.15) is 0 Å². The third-order valence-electron chi connectivity index (χ3n) is 8.75. The average Bonchev–Trinajstić information content (AvgIpc) is 2.86. The summed E-state index contributed by atoms with van der Waals surface area (Å²) in [6, 6.07) is 1.79. The van der Waals surface area contributed by atoms with Crippen molar-refractivity contribution in [3.05, 3.63) is 36.4 Å². The number of hydrogen-bond donors (Lipinski definition) is 0. The summed E-state index contributed by atoms with van der Waals surface area (Å²) in [4.78, 5) is 12.6. The number of ether oxygens (including phenoxy) is 2. The Morgan fingerprint density at radius 2 is 1.46 bits per heavy atom. The minimum absolute atomic E-state index is 0.359. The second-order valence-corrected chi connectivity index (χ2v) is 10.7. The van der Waals surface area contributed by atoms with Crippen LogP contribution in [0, 0.1) is 47.1 Å². The molecule has 0 saturated heterocycles. The molecule has 3 saturated carbocycles. The first-order valence-corrected chi connectivity index (χ1v) is 13.1. The lowest BCUT2D eigenvalue weighted by molar-refractivity contribution is -0.140. The van der Waals surface area contributed by atoms with Gasteiger partial charge in [-0.25, -0.2) is 0 Å². The van der Waals surface area contributed by atoms with Gasteiger partial charge in [0.2, 0.25) is 11.6 Å². The molecular formula is C28H36F4O3. The lowest BCUT2D eigenvalue weighted by Gasteiger charge is -2.45. The monoisotopic (exact) mass is 496 g/mol. The Morgan fingerprint density at radius 3 is 2.14 bits per heavy atom. The zero-order valence-corrected chi connectivity index (χ0v) is 20.2. The topological polar surface area (TPSA) is 35.5 Å². The molecule has 1 aromatic rings. The summed E-state index contributed by atoms with van der Waals surface area (Å²) in [7, 11) is 0. The van der Waals surface area contributed by atoms with Gasteiger partial charge in [0.05, 0.1) is 5.92 Å². The largest absolute Gasteiger partial charge is 0.432 e. The number of carbonyl (C=O) groups is 1. The molecule has 0 heterocycles. The van der Waals surface area contributed by atoms with Gasteiger partial charge in [-0.1, -0.05) is 12.5 Å². The predicted molar refractivity (Wildman–Crippen MR) is 125 cm³/mol. The summed E-state index contributed by atoms with van der Waals surface area (Å²) in [6.45, 7) is 0.578. The number of halogens is 4. The third kappa shape index (κ3) is 6.39. The molecule has 4 rings (SSSR count). The van der Waals surface area contributed by atoms with Crippen molar-refractivity contribution in [2.75, 3.05) is 0 Å². The molecule has 0 spiro atoms. The van der Waals surface area contributed by atoms with Crippen LogP contribution in [0.15, 0.2) is 24.8 Å². The molecule has 0 bridgehead atoms. The standard InChI is InChI=1S/C28H36F4O3/c1-2-3-4-17-5-6-22-16-21(12-11-20(22)15-17)18-7-9-19(10-8-18)27(33)34-23-13-14-24(35-28(31)32)26(30)25(23)29/h2,13-14,17-22,28H,1,3-12,15-16H2. The van der Waals surface area contributed by atoms with E-state index in [2.05, 4.69) is 11.3 Å². The number of alkyl halides is 2. The van der Waals surface area contributed by atoms with Crippen molar-refractivity contribution < 1.29 is 31.8 Å². The Kier molecular flexibility index (Phi) is 8.77. The van der Waals surface area contributed by atoms with Crippen LogP contribution in [0.2, 0.25) is 0 Å². The fourth-order valence-corrected chi connectivity index (χ4v) is 6.86. The van der Waals surface area contributed by atoms with Gasteiger partial charge in [-0.15, -0.1) is 6.58 Å². The van der Waals surface area contributed by atoms with Crippen molar-refractivity contribution in [2.24, 2.45) is 35.5 Å². The van der Waals surface area contributed by atoms with E-state index in [0.717, 1.165) is 49.1 Å². The molecule has 194 valence electrons. The van der Waals surface area contributed by atoms with E-state index >= 15 is 0 Å². The normalized spacial score (nSPS) is 31.0. The molecule has 0 amide bonds. The first-order valence-electron chi connectivity index (χ1n) is 13.1. The minimum Gasteiger partial charge on any atom is -0.432 e. The van der Waals surface area contributed by atoms with E-state index < -0.39 is 35.7 Å². The molecule has 0 N–H and O–H groups in total. The SMILES string of the molecule is C=CCCC1CCC2CC(C3CCC(C(=O)Oc4ccc(OC(F)F)c(F)c4F)CC3)CCC2C1. The highest BCUT2D eigenvalue weighted by Gasteiger charge is 2.39. The molecule has 4 unspecified atom stereocenters. The van der Waals surface area contributed by atoms with Gasteiger partial charge in [-0.05, 0) is 112 Å².